The maximum absolute atomic E-state index is 11.7. The molecular formula is C30H26Cl2N4O11. The van der Waals surface area contributed by atoms with Gasteiger partial charge in [-0.25, -0.2) is 9.59 Å². The molecule has 0 fully saturated rings. The van der Waals surface area contributed by atoms with Gasteiger partial charge in [0.15, 0.2) is 0 Å². The van der Waals surface area contributed by atoms with Gasteiger partial charge < -0.3 is 33.6 Å². The number of carbonyl (C=O) groups is 2. The summed E-state index contributed by atoms with van der Waals surface area (Å²) in [6, 6.07) is 14.4. The van der Waals surface area contributed by atoms with E-state index in [1.807, 2.05) is 0 Å². The lowest BCUT2D eigenvalue weighted by atomic mass is 10.0. The third-order valence-corrected chi connectivity index (χ3v) is 6.36. The SMILES string of the molecule is COC(=O)c1cc(Oc2ccc(Cl)cc2Cl)ccc1[N+](=O)[O-].CON=C(C)c1cccc(Oc2nc(OC)cc(OC)n2)c1C(=O)O. The Kier molecular flexibility index (Phi) is 12.6. The summed E-state index contributed by atoms with van der Waals surface area (Å²) in [6.45, 7) is 1.63. The number of carboxylic acid groups (broad SMARTS) is 1. The molecule has 0 unspecified atom stereocenters. The zero-order chi connectivity index (χ0) is 34.7. The number of rotatable bonds is 11. The van der Waals surface area contributed by atoms with Crippen LogP contribution >= 0.6 is 23.2 Å². The third-order valence-electron chi connectivity index (χ3n) is 5.83. The lowest BCUT2D eigenvalue weighted by Gasteiger charge is -2.12. The second-order valence-corrected chi connectivity index (χ2v) is 9.63. The van der Waals surface area contributed by atoms with Crippen molar-refractivity contribution in [1.29, 1.82) is 0 Å². The highest BCUT2D eigenvalue weighted by atomic mass is 35.5. The van der Waals surface area contributed by atoms with Crippen molar-refractivity contribution in [2.45, 2.75) is 6.92 Å². The van der Waals surface area contributed by atoms with E-state index in [-0.39, 0.29) is 51.1 Å². The van der Waals surface area contributed by atoms with Crippen molar-refractivity contribution in [3.63, 3.8) is 0 Å². The number of hydrogen-bond acceptors (Lipinski definition) is 13. The maximum Gasteiger partial charge on any atom is 0.345 e. The number of nitro benzene ring substituents is 1. The number of aromatic nitrogens is 2. The van der Waals surface area contributed by atoms with Crippen molar-refractivity contribution >= 4 is 46.5 Å². The molecule has 0 radical (unpaired) electrons. The fraction of sp³-hybridized carbons (Fsp3) is 0.167. The van der Waals surface area contributed by atoms with Crippen molar-refractivity contribution < 1.29 is 48.1 Å². The lowest BCUT2D eigenvalue weighted by molar-refractivity contribution is -0.385. The Morgan fingerprint density at radius 1 is 0.872 bits per heavy atom. The Morgan fingerprint density at radius 2 is 1.55 bits per heavy atom. The van der Waals surface area contributed by atoms with E-state index in [1.165, 1.54) is 51.7 Å². The molecule has 4 rings (SSSR count). The van der Waals surface area contributed by atoms with Crippen molar-refractivity contribution in [2.75, 3.05) is 28.4 Å². The molecule has 0 amide bonds. The van der Waals surface area contributed by atoms with E-state index in [0.717, 1.165) is 13.2 Å². The van der Waals surface area contributed by atoms with Crippen molar-refractivity contribution in [1.82, 2.24) is 9.97 Å². The number of aromatic carboxylic acids is 1. The molecule has 0 aliphatic rings. The molecule has 17 heteroatoms. The van der Waals surface area contributed by atoms with Crippen molar-refractivity contribution in [3.05, 3.63) is 97.5 Å². The van der Waals surface area contributed by atoms with Crippen LogP contribution in [-0.4, -0.2) is 66.1 Å². The van der Waals surface area contributed by atoms with E-state index >= 15 is 0 Å². The van der Waals surface area contributed by atoms with E-state index in [9.17, 15) is 24.8 Å². The average Bonchev–Trinajstić information content (AvgIpc) is 3.05. The Morgan fingerprint density at radius 3 is 2.11 bits per heavy atom. The van der Waals surface area contributed by atoms with Gasteiger partial charge in [0, 0.05) is 22.7 Å². The summed E-state index contributed by atoms with van der Waals surface area (Å²) in [5.41, 5.74) is 0.0545. The van der Waals surface area contributed by atoms with Crippen LogP contribution in [0.5, 0.6) is 35.0 Å². The topological polar surface area (TPSA) is 191 Å². The first-order valence-electron chi connectivity index (χ1n) is 13.0. The van der Waals surface area contributed by atoms with Gasteiger partial charge in [-0.15, -0.1) is 0 Å². The molecule has 15 nitrogen and oxygen atoms in total. The smallest absolute Gasteiger partial charge is 0.345 e. The summed E-state index contributed by atoms with van der Waals surface area (Å²) in [4.78, 5) is 46.4. The van der Waals surface area contributed by atoms with Crippen LogP contribution in [0.2, 0.25) is 10.0 Å². The lowest BCUT2D eigenvalue weighted by Crippen LogP contribution is -2.10. The predicted molar refractivity (Wildman–Crippen MR) is 169 cm³/mol. The van der Waals surface area contributed by atoms with Gasteiger partial charge in [0.2, 0.25) is 11.8 Å². The van der Waals surface area contributed by atoms with Crippen molar-refractivity contribution in [2.24, 2.45) is 5.16 Å². The van der Waals surface area contributed by atoms with E-state index in [4.69, 9.17) is 47.0 Å². The van der Waals surface area contributed by atoms with Crippen LogP contribution in [-0.2, 0) is 9.57 Å². The summed E-state index contributed by atoms with van der Waals surface area (Å²) >= 11 is 11.8. The van der Waals surface area contributed by atoms with Gasteiger partial charge in [0.1, 0.15) is 35.5 Å². The molecule has 1 aromatic heterocycles. The molecule has 0 saturated carbocycles. The molecule has 47 heavy (non-hydrogen) atoms. The van der Waals surface area contributed by atoms with E-state index in [0.29, 0.717) is 22.0 Å². The number of benzene rings is 3. The number of hydrogen-bond donors (Lipinski definition) is 1. The van der Waals surface area contributed by atoms with Crippen LogP contribution in [0.3, 0.4) is 0 Å². The number of nitrogens with zero attached hydrogens (tertiary/aromatic N) is 4. The van der Waals surface area contributed by atoms with Gasteiger partial charge in [-0.3, -0.25) is 10.1 Å². The molecular weight excluding hydrogens is 663 g/mol. The number of carbonyl (C=O) groups excluding carboxylic acids is 1. The molecule has 3 aromatic carbocycles. The highest BCUT2D eigenvalue weighted by Crippen LogP contribution is 2.34. The second-order valence-electron chi connectivity index (χ2n) is 8.78. The standard InChI is InChI=1S/C16H17N3O6.C14H9Cl2NO5/c1-9(19-24-4)10-6-5-7-11(14(10)15(20)21)25-16-17-12(22-2)8-13(18-16)23-3;1-21-14(18)10-7-9(3-4-12(10)17(19)20)22-13-5-2-8(15)6-11(13)16/h5-8H,1-4H3,(H,20,21);2-7H,1H3. The van der Waals surface area contributed by atoms with Gasteiger partial charge >= 0.3 is 17.9 Å². The zero-order valence-corrected chi connectivity index (χ0v) is 26.9. The van der Waals surface area contributed by atoms with E-state index < -0.39 is 16.9 Å². The zero-order valence-electron chi connectivity index (χ0n) is 25.3. The first-order chi connectivity index (χ1) is 22.4. The molecule has 0 spiro atoms. The minimum absolute atomic E-state index is 0.0472. The number of carboxylic acids is 1. The van der Waals surface area contributed by atoms with E-state index in [2.05, 4.69) is 19.9 Å². The number of methoxy groups -OCH3 is 3. The van der Waals surface area contributed by atoms with Crippen LogP contribution in [0.25, 0.3) is 0 Å². The summed E-state index contributed by atoms with van der Waals surface area (Å²) in [5, 5.41) is 25.0. The molecule has 0 saturated heterocycles. The minimum atomic E-state index is -1.19. The van der Waals surface area contributed by atoms with Gasteiger partial charge in [-0.1, -0.05) is 40.5 Å². The largest absolute Gasteiger partial charge is 0.481 e. The van der Waals surface area contributed by atoms with Crippen LogP contribution in [0.15, 0.2) is 65.8 Å². The fourth-order valence-corrected chi connectivity index (χ4v) is 4.20. The third kappa shape index (κ3) is 9.42. The Hall–Kier alpha value is -5.67. The van der Waals surface area contributed by atoms with Gasteiger partial charge in [-0.2, -0.15) is 9.97 Å². The highest BCUT2D eigenvalue weighted by Gasteiger charge is 2.23. The van der Waals surface area contributed by atoms with E-state index in [1.54, 1.807) is 31.2 Å². The molecule has 0 bridgehead atoms. The summed E-state index contributed by atoms with van der Waals surface area (Å²) < 4.78 is 25.7. The van der Waals surface area contributed by atoms with Crippen LogP contribution < -0.4 is 18.9 Å². The summed E-state index contributed by atoms with van der Waals surface area (Å²) in [6.07, 6.45) is 0. The Labute approximate surface area is 277 Å². The van der Waals surface area contributed by atoms with Crippen molar-refractivity contribution in [3.8, 4) is 35.0 Å². The number of nitro groups is 1. The summed E-state index contributed by atoms with van der Waals surface area (Å²) in [5.74, 6) is -1.04. The number of halogens is 2. The summed E-state index contributed by atoms with van der Waals surface area (Å²) in [7, 11) is 5.37. The number of oxime groups is 1. The minimum Gasteiger partial charge on any atom is -0.481 e. The normalized spacial score (nSPS) is 10.6. The molecule has 0 aliphatic heterocycles. The fourth-order valence-electron chi connectivity index (χ4n) is 3.76. The van der Waals surface area contributed by atoms with Gasteiger partial charge in [0.05, 0.1) is 43.1 Å². The first kappa shape index (κ1) is 35.8. The molecule has 1 N–H and O–H groups in total. The van der Waals surface area contributed by atoms with Crippen LogP contribution in [0, 0.1) is 10.1 Å². The predicted octanol–water partition coefficient (Wildman–Crippen LogP) is 6.84. The molecule has 4 aromatic rings. The second kappa shape index (κ2) is 16.6. The van der Waals surface area contributed by atoms with Crippen LogP contribution in [0.4, 0.5) is 5.69 Å². The molecule has 1 heterocycles. The Bertz CT molecular complexity index is 1800. The van der Waals surface area contributed by atoms with Crippen LogP contribution in [0.1, 0.15) is 33.2 Å². The first-order valence-corrected chi connectivity index (χ1v) is 13.8. The molecule has 0 atom stereocenters. The average molecular weight is 689 g/mol. The molecule has 246 valence electrons. The maximum atomic E-state index is 11.7. The highest BCUT2D eigenvalue weighted by molar-refractivity contribution is 6.35. The number of ether oxygens (including phenoxy) is 5. The monoisotopic (exact) mass is 688 g/mol. The van der Waals surface area contributed by atoms with Gasteiger partial charge in [-0.05, 0) is 37.3 Å². The molecule has 0 aliphatic carbocycles. The number of esters is 1. The quantitative estimate of drug-likeness (QED) is 0.0746. The van der Waals surface area contributed by atoms with Gasteiger partial charge in [0.25, 0.3) is 5.69 Å². The Balaban J connectivity index is 0.000000257.